The van der Waals surface area contributed by atoms with Gasteiger partial charge >= 0.3 is 12.1 Å². The number of anilines is 1. The molecule has 0 radical (unpaired) electrons. The Balaban J connectivity index is 2.36. The minimum atomic E-state index is -5.01. The SMILES string of the molecule is CC1(c2cc(NC(=O)C(F)(F)F)ccc2F)CCSC(N)=N1. The zero-order valence-electron chi connectivity index (χ0n) is 11.5. The summed E-state index contributed by atoms with van der Waals surface area (Å²) in [7, 11) is 0. The van der Waals surface area contributed by atoms with Gasteiger partial charge in [-0.1, -0.05) is 11.8 Å². The first kappa shape index (κ1) is 16.6. The maximum absolute atomic E-state index is 14.0. The van der Waals surface area contributed by atoms with E-state index >= 15 is 0 Å². The van der Waals surface area contributed by atoms with Gasteiger partial charge in [-0.15, -0.1) is 0 Å². The molecule has 1 atom stereocenters. The Morgan fingerprint density at radius 2 is 2.14 bits per heavy atom. The molecule has 120 valence electrons. The summed E-state index contributed by atoms with van der Waals surface area (Å²) in [4.78, 5) is 15.2. The highest BCUT2D eigenvalue weighted by molar-refractivity contribution is 8.13. The van der Waals surface area contributed by atoms with Crippen molar-refractivity contribution < 1.29 is 22.4 Å². The number of carbonyl (C=O) groups is 1. The number of halogens is 4. The Hall–Kier alpha value is -1.77. The zero-order chi connectivity index (χ0) is 16.5. The molecule has 0 spiro atoms. The predicted octanol–water partition coefficient (Wildman–Crippen LogP) is 2.99. The van der Waals surface area contributed by atoms with Gasteiger partial charge in [-0.25, -0.2) is 4.39 Å². The molecule has 0 aromatic heterocycles. The Bertz CT molecular complexity index is 632. The molecule has 3 N–H and O–H groups in total. The molecule has 22 heavy (non-hydrogen) atoms. The van der Waals surface area contributed by atoms with Crippen LogP contribution in [-0.4, -0.2) is 23.0 Å². The van der Waals surface area contributed by atoms with E-state index < -0.39 is 23.4 Å². The first-order chi connectivity index (χ1) is 10.1. The van der Waals surface area contributed by atoms with Crippen LogP contribution in [0.4, 0.5) is 23.2 Å². The van der Waals surface area contributed by atoms with E-state index in [1.54, 1.807) is 12.2 Å². The van der Waals surface area contributed by atoms with Gasteiger partial charge in [-0.3, -0.25) is 9.79 Å². The van der Waals surface area contributed by atoms with Gasteiger partial charge in [0.2, 0.25) is 0 Å². The van der Waals surface area contributed by atoms with Crippen LogP contribution in [0.2, 0.25) is 0 Å². The van der Waals surface area contributed by atoms with Gasteiger partial charge in [0, 0.05) is 17.0 Å². The normalized spacial score (nSPS) is 22.1. The second-order valence-corrected chi connectivity index (χ2v) is 6.08. The van der Waals surface area contributed by atoms with Gasteiger partial charge in [0.15, 0.2) is 5.17 Å². The Labute approximate surface area is 128 Å². The number of amidine groups is 1. The van der Waals surface area contributed by atoms with Crippen molar-refractivity contribution in [3.05, 3.63) is 29.6 Å². The zero-order valence-corrected chi connectivity index (χ0v) is 12.3. The van der Waals surface area contributed by atoms with Crippen molar-refractivity contribution in [2.75, 3.05) is 11.1 Å². The number of amides is 1. The summed E-state index contributed by atoms with van der Waals surface area (Å²) in [6.07, 6.45) is -4.53. The van der Waals surface area contributed by atoms with Crippen molar-refractivity contribution in [1.82, 2.24) is 0 Å². The first-order valence-electron chi connectivity index (χ1n) is 6.28. The third-order valence-electron chi connectivity index (χ3n) is 3.26. The van der Waals surface area contributed by atoms with Gasteiger partial charge < -0.3 is 11.1 Å². The molecule has 1 heterocycles. The number of benzene rings is 1. The largest absolute Gasteiger partial charge is 0.471 e. The molecule has 1 aliphatic rings. The number of alkyl halides is 3. The number of carbonyl (C=O) groups excluding carboxylic acids is 1. The Morgan fingerprint density at radius 1 is 1.45 bits per heavy atom. The average Bonchev–Trinajstić information content (AvgIpc) is 2.39. The molecule has 1 unspecified atom stereocenters. The van der Waals surface area contributed by atoms with E-state index in [0.29, 0.717) is 12.2 Å². The average molecular weight is 335 g/mol. The van der Waals surface area contributed by atoms with Gasteiger partial charge in [-0.05, 0) is 31.5 Å². The summed E-state index contributed by atoms with van der Waals surface area (Å²) in [6.45, 7) is 1.65. The van der Waals surface area contributed by atoms with Crippen LogP contribution in [0.25, 0.3) is 0 Å². The van der Waals surface area contributed by atoms with Crippen LogP contribution in [0.1, 0.15) is 18.9 Å². The fourth-order valence-electron chi connectivity index (χ4n) is 2.10. The summed E-state index contributed by atoms with van der Waals surface area (Å²) >= 11 is 1.33. The summed E-state index contributed by atoms with van der Waals surface area (Å²) in [5.74, 6) is -2.11. The summed E-state index contributed by atoms with van der Waals surface area (Å²) < 4.78 is 50.9. The van der Waals surface area contributed by atoms with Crippen LogP contribution in [-0.2, 0) is 10.3 Å². The number of rotatable bonds is 2. The highest BCUT2D eigenvalue weighted by Crippen LogP contribution is 2.37. The highest BCUT2D eigenvalue weighted by atomic mass is 32.2. The molecule has 0 fully saturated rings. The lowest BCUT2D eigenvalue weighted by molar-refractivity contribution is -0.167. The lowest BCUT2D eigenvalue weighted by Crippen LogP contribution is -2.31. The van der Waals surface area contributed by atoms with E-state index in [2.05, 4.69) is 4.99 Å². The fraction of sp³-hybridized carbons (Fsp3) is 0.385. The number of nitrogens with one attached hydrogen (secondary N) is 1. The van der Waals surface area contributed by atoms with Crippen LogP contribution in [0, 0.1) is 5.82 Å². The molecule has 4 nitrogen and oxygen atoms in total. The molecule has 0 aliphatic carbocycles. The van der Waals surface area contributed by atoms with E-state index in [0.717, 1.165) is 18.2 Å². The molecule has 9 heteroatoms. The molecule has 2 rings (SSSR count). The van der Waals surface area contributed by atoms with Gasteiger partial charge in [0.05, 0.1) is 5.54 Å². The molecule has 0 saturated carbocycles. The van der Waals surface area contributed by atoms with E-state index in [1.807, 2.05) is 0 Å². The van der Waals surface area contributed by atoms with Crippen molar-refractivity contribution in [3.63, 3.8) is 0 Å². The van der Waals surface area contributed by atoms with Gasteiger partial charge in [0.1, 0.15) is 5.82 Å². The maximum atomic E-state index is 14.0. The fourth-order valence-corrected chi connectivity index (χ4v) is 3.07. The number of aliphatic imine (C=N–C) groups is 1. The third-order valence-corrected chi connectivity index (χ3v) is 4.05. The lowest BCUT2D eigenvalue weighted by atomic mass is 9.89. The van der Waals surface area contributed by atoms with Crippen molar-refractivity contribution in [1.29, 1.82) is 0 Å². The van der Waals surface area contributed by atoms with E-state index in [1.165, 1.54) is 11.8 Å². The van der Waals surface area contributed by atoms with Crippen molar-refractivity contribution in [2.24, 2.45) is 10.7 Å². The molecule has 1 aromatic carbocycles. The molecule has 1 amide bonds. The molecular weight excluding hydrogens is 322 g/mol. The predicted molar refractivity (Wildman–Crippen MR) is 77.1 cm³/mol. The summed E-state index contributed by atoms with van der Waals surface area (Å²) in [6, 6.07) is 3.22. The smallest absolute Gasteiger partial charge is 0.379 e. The number of thioether (sulfide) groups is 1. The molecule has 0 bridgehead atoms. The molecule has 0 saturated heterocycles. The summed E-state index contributed by atoms with van der Waals surface area (Å²) in [5.41, 5.74) is 4.62. The second-order valence-electron chi connectivity index (χ2n) is 4.97. The second kappa shape index (κ2) is 5.79. The topological polar surface area (TPSA) is 67.5 Å². The first-order valence-corrected chi connectivity index (χ1v) is 7.27. The standard InChI is InChI=1S/C13H13F4N3OS/c1-12(4-5-22-11(18)20-12)8-6-7(2-3-9(8)14)19-10(21)13(15,16)17/h2-3,6H,4-5H2,1H3,(H2,18,20)(H,19,21). The molecule has 1 aliphatic heterocycles. The maximum Gasteiger partial charge on any atom is 0.471 e. The van der Waals surface area contributed by atoms with Crippen molar-refractivity contribution in [2.45, 2.75) is 25.1 Å². The van der Waals surface area contributed by atoms with Crippen LogP contribution in [0.3, 0.4) is 0 Å². The minimum Gasteiger partial charge on any atom is -0.379 e. The molecular formula is C13H13F4N3OS. The van der Waals surface area contributed by atoms with Crippen LogP contribution >= 0.6 is 11.8 Å². The van der Waals surface area contributed by atoms with Gasteiger partial charge in [0.25, 0.3) is 0 Å². The highest BCUT2D eigenvalue weighted by Gasteiger charge is 2.39. The Kier molecular flexibility index (Phi) is 4.37. The number of nitrogens with two attached hydrogens (primary N) is 1. The van der Waals surface area contributed by atoms with Crippen molar-refractivity contribution >= 4 is 28.5 Å². The Morgan fingerprint density at radius 3 is 2.73 bits per heavy atom. The number of nitrogens with zero attached hydrogens (tertiary/aromatic N) is 1. The lowest BCUT2D eigenvalue weighted by Gasteiger charge is -2.30. The van der Waals surface area contributed by atoms with E-state index in [9.17, 15) is 22.4 Å². The third kappa shape index (κ3) is 3.52. The summed E-state index contributed by atoms with van der Waals surface area (Å²) in [5, 5.41) is 1.99. The van der Waals surface area contributed by atoms with Crippen LogP contribution < -0.4 is 11.1 Å². The van der Waals surface area contributed by atoms with Gasteiger partial charge in [-0.2, -0.15) is 13.2 Å². The minimum absolute atomic E-state index is 0.0933. The molecule has 1 aromatic rings. The number of hydrogen-bond donors (Lipinski definition) is 2. The monoisotopic (exact) mass is 335 g/mol. The van der Waals surface area contributed by atoms with E-state index in [-0.39, 0.29) is 16.4 Å². The van der Waals surface area contributed by atoms with Crippen LogP contribution in [0.5, 0.6) is 0 Å². The van der Waals surface area contributed by atoms with Crippen LogP contribution in [0.15, 0.2) is 23.2 Å². The number of hydrogen-bond acceptors (Lipinski definition) is 4. The quantitative estimate of drug-likeness (QED) is 0.817. The van der Waals surface area contributed by atoms with E-state index in [4.69, 9.17) is 5.73 Å². The van der Waals surface area contributed by atoms with Crippen molar-refractivity contribution in [3.8, 4) is 0 Å².